The minimum Gasteiger partial charge on any atom is -0.496 e. The lowest BCUT2D eigenvalue weighted by molar-refractivity contribution is 0.417. The Balaban J connectivity index is 1.82. The number of aromatic nitrogens is 1. The fourth-order valence-corrected chi connectivity index (χ4v) is 5.49. The summed E-state index contributed by atoms with van der Waals surface area (Å²) in [4.78, 5) is 15.5. The Morgan fingerprint density at radius 2 is 1.84 bits per heavy atom. The normalized spacial score (nSPS) is 12.1. The summed E-state index contributed by atoms with van der Waals surface area (Å²) in [6, 6.07) is 12.3. The van der Waals surface area contributed by atoms with E-state index in [0.717, 1.165) is 28.3 Å². The van der Waals surface area contributed by atoms with Crippen molar-refractivity contribution in [1.29, 1.82) is 0 Å². The van der Waals surface area contributed by atoms with Gasteiger partial charge in [0.25, 0.3) is 5.56 Å². The summed E-state index contributed by atoms with van der Waals surface area (Å²) < 4.78 is 34.1. The third-order valence-corrected chi connectivity index (χ3v) is 7.63. The van der Waals surface area contributed by atoms with Crippen LogP contribution in [0.25, 0.3) is 32.1 Å². The number of H-pyrrole nitrogens is 1. The zero-order valence-corrected chi connectivity index (χ0v) is 19.2. The van der Waals surface area contributed by atoms with Crippen LogP contribution in [0, 0.1) is 5.92 Å². The van der Waals surface area contributed by atoms with Crippen LogP contribution >= 0.6 is 11.3 Å². The van der Waals surface area contributed by atoms with Crippen molar-refractivity contribution in [2.75, 3.05) is 13.7 Å². The van der Waals surface area contributed by atoms with Crippen LogP contribution in [0.3, 0.4) is 0 Å². The average molecular weight is 457 g/mol. The summed E-state index contributed by atoms with van der Waals surface area (Å²) in [5, 5.41) is 3.62. The van der Waals surface area contributed by atoms with Gasteiger partial charge in [-0.15, -0.1) is 11.3 Å². The zero-order valence-electron chi connectivity index (χ0n) is 17.6. The van der Waals surface area contributed by atoms with E-state index in [9.17, 15) is 13.2 Å². The molecule has 162 valence electrons. The highest BCUT2D eigenvalue weighted by atomic mass is 32.2. The molecule has 0 saturated heterocycles. The van der Waals surface area contributed by atoms with Gasteiger partial charge in [0.2, 0.25) is 10.0 Å². The molecule has 0 fully saturated rings. The smallest absolute Gasteiger partial charge is 0.266 e. The maximum atomic E-state index is 12.6. The SMILES string of the molecule is COc1ccc2[nH]c(=O)c3sccc3c2c1-c1ccc(S(=O)(=O)NCCC(C)C)cc1. The van der Waals surface area contributed by atoms with E-state index >= 15 is 0 Å². The Labute approximate surface area is 184 Å². The van der Waals surface area contributed by atoms with Crippen LogP contribution in [0.15, 0.2) is 57.5 Å². The molecule has 0 saturated carbocycles. The molecule has 0 spiro atoms. The number of aromatic amines is 1. The molecule has 31 heavy (non-hydrogen) atoms. The first-order chi connectivity index (χ1) is 14.8. The van der Waals surface area contributed by atoms with Gasteiger partial charge in [-0.2, -0.15) is 0 Å². The van der Waals surface area contributed by atoms with Gasteiger partial charge < -0.3 is 9.72 Å². The van der Waals surface area contributed by atoms with Crippen molar-refractivity contribution in [2.45, 2.75) is 25.2 Å². The highest BCUT2D eigenvalue weighted by molar-refractivity contribution is 7.89. The molecular formula is C23H24N2O4S2. The number of ether oxygens (including phenoxy) is 1. The third kappa shape index (κ3) is 4.11. The van der Waals surface area contributed by atoms with E-state index < -0.39 is 10.0 Å². The molecule has 0 bridgehead atoms. The molecule has 0 radical (unpaired) electrons. The number of rotatable bonds is 7. The van der Waals surface area contributed by atoms with Crippen molar-refractivity contribution < 1.29 is 13.2 Å². The van der Waals surface area contributed by atoms with Crippen LogP contribution in [0.4, 0.5) is 0 Å². The molecule has 4 rings (SSSR count). The summed E-state index contributed by atoms with van der Waals surface area (Å²) in [7, 11) is -1.98. The summed E-state index contributed by atoms with van der Waals surface area (Å²) in [6.45, 7) is 4.51. The first-order valence-electron chi connectivity index (χ1n) is 10.0. The molecule has 0 aliphatic rings. The number of pyridine rings is 1. The van der Waals surface area contributed by atoms with Crippen LogP contribution < -0.4 is 15.0 Å². The van der Waals surface area contributed by atoms with Crippen LogP contribution in [0.2, 0.25) is 0 Å². The fourth-order valence-electron chi connectivity index (χ4n) is 3.65. The zero-order chi connectivity index (χ0) is 22.2. The van der Waals surface area contributed by atoms with Crippen molar-refractivity contribution in [3.8, 4) is 16.9 Å². The number of nitrogens with one attached hydrogen (secondary N) is 2. The lowest BCUT2D eigenvalue weighted by Gasteiger charge is -2.14. The number of sulfonamides is 1. The van der Waals surface area contributed by atoms with Crippen molar-refractivity contribution in [2.24, 2.45) is 5.92 Å². The van der Waals surface area contributed by atoms with Gasteiger partial charge in [0.15, 0.2) is 0 Å². The highest BCUT2D eigenvalue weighted by Gasteiger charge is 2.18. The quantitative estimate of drug-likeness (QED) is 0.420. The van der Waals surface area contributed by atoms with Crippen molar-refractivity contribution >= 4 is 42.3 Å². The van der Waals surface area contributed by atoms with Crippen LogP contribution in [-0.4, -0.2) is 27.1 Å². The second kappa shape index (κ2) is 8.45. The van der Waals surface area contributed by atoms with Gasteiger partial charge in [-0.3, -0.25) is 4.79 Å². The second-order valence-electron chi connectivity index (χ2n) is 7.79. The molecule has 2 N–H and O–H groups in total. The second-order valence-corrected chi connectivity index (χ2v) is 10.5. The van der Waals surface area contributed by atoms with Crippen LogP contribution in [0.1, 0.15) is 20.3 Å². The Kier molecular flexibility index (Phi) is 5.88. The van der Waals surface area contributed by atoms with E-state index in [2.05, 4.69) is 23.6 Å². The molecule has 0 atom stereocenters. The van der Waals surface area contributed by atoms with Crippen LogP contribution in [0.5, 0.6) is 5.75 Å². The molecule has 8 heteroatoms. The molecule has 0 amide bonds. The van der Waals surface area contributed by atoms with Gasteiger partial charge in [-0.1, -0.05) is 26.0 Å². The molecule has 4 aromatic rings. The third-order valence-electron chi connectivity index (χ3n) is 5.24. The van der Waals surface area contributed by atoms with Crippen molar-refractivity contribution in [3.05, 3.63) is 58.2 Å². The number of hydrogen-bond acceptors (Lipinski definition) is 5. The Morgan fingerprint density at radius 3 is 2.52 bits per heavy atom. The first kappa shape index (κ1) is 21.5. The molecule has 6 nitrogen and oxygen atoms in total. The van der Waals surface area contributed by atoms with E-state index in [-0.39, 0.29) is 10.5 Å². The van der Waals surface area contributed by atoms with E-state index in [0.29, 0.717) is 28.4 Å². The Hall–Kier alpha value is -2.68. The number of hydrogen-bond donors (Lipinski definition) is 2. The van der Waals surface area contributed by atoms with Crippen LogP contribution in [-0.2, 0) is 10.0 Å². The minimum absolute atomic E-state index is 0.123. The number of fused-ring (bicyclic) bond motifs is 3. The van der Waals surface area contributed by atoms with Crippen molar-refractivity contribution in [1.82, 2.24) is 9.71 Å². The van der Waals surface area contributed by atoms with Gasteiger partial charge >= 0.3 is 0 Å². The van der Waals surface area contributed by atoms with Gasteiger partial charge in [0.1, 0.15) is 10.4 Å². The maximum absolute atomic E-state index is 12.6. The summed E-state index contributed by atoms with van der Waals surface area (Å²) in [5.41, 5.74) is 2.21. The van der Waals surface area contributed by atoms with Gasteiger partial charge in [-0.05, 0) is 53.6 Å². The predicted molar refractivity (Wildman–Crippen MR) is 127 cm³/mol. The molecule has 2 aromatic heterocycles. The summed E-state index contributed by atoms with van der Waals surface area (Å²) >= 11 is 1.39. The fraction of sp³-hybridized carbons (Fsp3) is 0.261. The number of methoxy groups -OCH3 is 1. The first-order valence-corrected chi connectivity index (χ1v) is 12.4. The van der Waals surface area contributed by atoms with Gasteiger partial charge in [0.05, 0.1) is 12.0 Å². The van der Waals surface area contributed by atoms with E-state index in [1.165, 1.54) is 11.3 Å². The largest absolute Gasteiger partial charge is 0.496 e. The standard InChI is InChI=1S/C23H24N2O4S2/c1-14(2)10-12-24-31(27,28)16-6-4-15(5-7-16)20-19(29-3)9-8-18-21(20)17-11-13-30-22(17)23(26)25-18/h4-9,11,13-14,24H,10,12H2,1-3H3,(H,25,26). The summed E-state index contributed by atoms with van der Waals surface area (Å²) in [6.07, 6.45) is 0.777. The lowest BCUT2D eigenvalue weighted by atomic mass is 9.97. The molecule has 0 aliphatic carbocycles. The number of benzene rings is 2. The van der Waals surface area contributed by atoms with E-state index in [1.54, 1.807) is 31.4 Å². The minimum atomic E-state index is -3.57. The maximum Gasteiger partial charge on any atom is 0.266 e. The molecule has 0 aliphatic heterocycles. The monoisotopic (exact) mass is 456 g/mol. The van der Waals surface area contributed by atoms with E-state index in [1.807, 2.05) is 23.6 Å². The van der Waals surface area contributed by atoms with Gasteiger partial charge in [-0.25, -0.2) is 13.1 Å². The highest BCUT2D eigenvalue weighted by Crippen LogP contribution is 2.40. The van der Waals surface area contributed by atoms with Crippen molar-refractivity contribution in [3.63, 3.8) is 0 Å². The van der Waals surface area contributed by atoms with Gasteiger partial charge in [0, 0.05) is 28.4 Å². The Morgan fingerprint density at radius 1 is 1.10 bits per heavy atom. The predicted octanol–water partition coefficient (Wildman–Crippen LogP) is 4.74. The lowest BCUT2D eigenvalue weighted by Crippen LogP contribution is -2.25. The molecule has 0 unspecified atom stereocenters. The topological polar surface area (TPSA) is 88.3 Å². The van der Waals surface area contributed by atoms with E-state index in [4.69, 9.17) is 4.74 Å². The molecule has 2 heterocycles. The number of thiophene rings is 1. The average Bonchev–Trinajstić information content (AvgIpc) is 3.23. The molecular weight excluding hydrogens is 432 g/mol. The molecule has 2 aromatic carbocycles. The Bertz CT molecular complexity index is 1400. The summed E-state index contributed by atoms with van der Waals surface area (Å²) in [5.74, 6) is 1.07.